The number of anilines is 1. The Morgan fingerprint density at radius 3 is 2.48 bits per heavy atom. The molecule has 1 heterocycles. The van der Waals surface area contributed by atoms with Crippen LogP contribution in [0, 0.1) is 22.7 Å². The summed E-state index contributed by atoms with van der Waals surface area (Å²) in [5, 5.41) is 20.7. The van der Waals surface area contributed by atoms with E-state index in [1.165, 1.54) is 4.90 Å². The molecule has 0 bridgehead atoms. The van der Waals surface area contributed by atoms with Crippen molar-refractivity contribution in [1.29, 1.82) is 10.5 Å². The molecule has 6 heteroatoms. The topological polar surface area (TPSA) is 92.8 Å². The molecule has 1 N–H and O–H groups in total. The van der Waals surface area contributed by atoms with Crippen LogP contribution in [0.15, 0.2) is 12.1 Å². The maximum absolute atomic E-state index is 12.4. The second-order valence-electron chi connectivity index (χ2n) is 4.49. The van der Waals surface area contributed by atoms with Crippen LogP contribution in [0.5, 0.6) is 0 Å². The van der Waals surface area contributed by atoms with Gasteiger partial charge in [0.1, 0.15) is 18.9 Å². The van der Waals surface area contributed by atoms with Gasteiger partial charge in [-0.15, -0.1) is 0 Å². The maximum Gasteiger partial charge on any atom is 0.255 e. The summed E-state index contributed by atoms with van der Waals surface area (Å²) in [6, 6.07) is 7.18. The number of carbonyl (C=O) groups is 1. The molecule has 0 atom stereocenters. The lowest BCUT2D eigenvalue weighted by Gasteiger charge is -2.17. The molecule has 0 radical (unpaired) electrons. The number of aryl methyl sites for hydroxylation is 1. The molecule has 0 aliphatic heterocycles. The molecule has 1 aromatic heterocycles. The number of nitrogens with one attached hydrogen (secondary N) is 1. The third-order valence-corrected chi connectivity index (χ3v) is 2.85. The summed E-state index contributed by atoms with van der Waals surface area (Å²) in [4.78, 5) is 18.0. The van der Waals surface area contributed by atoms with Gasteiger partial charge in [0.15, 0.2) is 0 Å². The van der Waals surface area contributed by atoms with E-state index >= 15 is 0 Å². The predicted molar refractivity (Wildman–Crippen MR) is 79.5 cm³/mol. The van der Waals surface area contributed by atoms with Gasteiger partial charge in [-0.1, -0.05) is 13.8 Å². The monoisotopic (exact) mass is 285 g/mol. The van der Waals surface area contributed by atoms with Crippen molar-refractivity contribution >= 4 is 11.7 Å². The first-order chi connectivity index (χ1) is 10.2. The second-order valence-corrected chi connectivity index (χ2v) is 4.49. The first-order valence-corrected chi connectivity index (χ1v) is 6.94. The van der Waals surface area contributed by atoms with E-state index in [9.17, 15) is 4.79 Å². The Labute approximate surface area is 125 Å². The van der Waals surface area contributed by atoms with Crippen molar-refractivity contribution < 1.29 is 4.79 Å². The number of nitriles is 2. The van der Waals surface area contributed by atoms with Gasteiger partial charge in [0.05, 0.1) is 12.1 Å². The summed E-state index contributed by atoms with van der Waals surface area (Å²) < 4.78 is 0. The van der Waals surface area contributed by atoms with E-state index in [0.717, 1.165) is 18.7 Å². The van der Waals surface area contributed by atoms with E-state index in [2.05, 4.69) is 10.3 Å². The molecule has 110 valence electrons. The Morgan fingerprint density at radius 1 is 1.29 bits per heavy atom. The van der Waals surface area contributed by atoms with Gasteiger partial charge in [-0.25, -0.2) is 4.98 Å². The number of hydrogen-bond donors (Lipinski definition) is 1. The summed E-state index contributed by atoms with van der Waals surface area (Å²) in [6.45, 7) is 4.57. The van der Waals surface area contributed by atoms with E-state index in [1.54, 1.807) is 12.1 Å². The van der Waals surface area contributed by atoms with Crippen LogP contribution in [0.3, 0.4) is 0 Å². The highest BCUT2D eigenvalue weighted by molar-refractivity contribution is 5.95. The molecular formula is C15H19N5O. The molecule has 0 aliphatic carbocycles. The molecule has 0 fully saturated rings. The van der Waals surface area contributed by atoms with Gasteiger partial charge >= 0.3 is 0 Å². The highest BCUT2D eigenvalue weighted by Gasteiger charge is 2.17. The van der Waals surface area contributed by atoms with Crippen molar-refractivity contribution in [1.82, 2.24) is 9.88 Å². The van der Waals surface area contributed by atoms with Gasteiger partial charge in [-0.2, -0.15) is 10.5 Å². The average Bonchev–Trinajstić information content (AvgIpc) is 2.51. The van der Waals surface area contributed by atoms with E-state index in [-0.39, 0.29) is 19.0 Å². The molecule has 1 rings (SSSR count). The molecule has 21 heavy (non-hydrogen) atoms. The van der Waals surface area contributed by atoms with E-state index in [1.807, 2.05) is 26.0 Å². The van der Waals surface area contributed by atoms with E-state index < -0.39 is 0 Å². The van der Waals surface area contributed by atoms with Gasteiger partial charge in [-0.05, 0) is 25.0 Å². The van der Waals surface area contributed by atoms with Crippen LogP contribution < -0.4 is 5.32 Å². The summed E-state index contributed by atoms with van der Waals surface area (Å²) in [5.41, 5.74) is 1.25. The average molecular weight is 285 g/mol. The number of carbonyl (C=O) groups excluding carboxylic acids is 1. The molecule has 1 amide bonds. The molecule has 0 unspecified atom stereocenters. The Kier molecular flexibility index (Phi) is 6.70. The number of rotatable bonds is 7. The standard InChI is InChI=1S/C15H19N5O/c1-3-7-18-14-11-12(10-13(4-2)19-14)15(21)20(8-5-16)9-6-17/h10-11H,3-4,7-9H2,1-2H3,(H,18,19). The molecule has 0 saturated carbocycles. The highest BCUT2D eigenvalue weighted by atomic mass is 16.2. The van der Waals surface area contributed by atoms with Gasteiger partial charge in [0.2, 0.25) is 0 Å². The fourth-order valence-corrected chi connectivity index (χ4v) is 1.79. The SMILES string of the molecule is CCCNc1cc(C(=O)N(CC#N)CC#N)cc(CC)n1. The van der Waals surface area contributed by atoms with E-state index in [0.29, 0.717) is 17.8 Å². The summed E-state index contributed by atoms with van der Waals surface area (Å²) in [5.74, 6) is 0.322. The third kappa shape index (κ3) is 4.77. The van der Waals surface area contributed by atoms with Crippen molar-refractivity contribution in [2.45, 2.75) is 26.7 Å². The molecule has 0 saturated heterocycles. The second kappa shape index (κ2) is 8.55. The zero-order valence-electron chi connectivity index (χ0n) is 12.4. The number of amides is 1. The Bertz CT molecular complexity index is 554. The van der Waals surface area contributed by atoms with Crippen molar-refractivity contribution in [2.75, 3.05) is 25.0 Å². The zero-order chi connectivity index (χ0) is 15.7. The maximum atomic E-state index is 12.4. The minimum absolute atomic E-state index is 0.103. The minimum Gasteiger partial charge on any atom is -0.370 e. The Balaban J connectivity index is 3.06. The van der Waals surface area contributed by atoms with E-state index in [4.69, 9.17) is 10.5 Å². The first-order valence-electron chi connectivity index (χ1n) is 6.94. The quantitative estimate of drug-likeness (QED) is 0.773. The van der Waals surface area contributed by atoms with Crippen LogP contribution in [0.2, 0.25) is 0 Å². The summed E-state index contributed by atoms with van der Waals surface area (Å²) >= 11 is 0. The molecule has 0 aliphatic rings. The molecule has 0 spiro atoms. The molecular weight excluding hydrogens is 266 g/mol. The van der Waals surface area contributed by atoms with Crippen molar-refractivity contribution in [3.05, 3.63) is 23.4 Å². The summed E-state index contributed by atoms with van der Waals surface area (Å²) in [7, 11) is 0. The van der Waals surface area contributed by atoms with Gasteiger partial charge in [0, 0.05) is 17.8 Å². The van der Waals surface area contributed by atoms with Crippen LogP contribution in [0.25, 0.3) is 0 Å². The number of nitrogens with zero attached hydrogens (tertiary/aromatic N) is 4. The van der Waals surface area contributed by atoms with Crippen LogP contribution in [-0.2, 0) is 6.42 Å². The Morgan fingerprint density at radius 2 is 1.95 bits per heavy atom. The fourth-order valence-electron chi connectivity index (χ4n) is 1.79. The van der Waals surface area contributed by atoms with Crippen molar-refractivity contribution in [3.8, 4) is 12.1 Å². The smallest absolute Gasteiger partial charge is 0.255 e. The molecule has 1 aromatic rings. The number of pyridine rings is 1. The lowest BCUT2D eigenvalue weighted by atomic mass is 10.1. The van der Waals surface area contributed by atoms with Crippen LogP contribution in [-0.4, -0.2) is 35.4 Å². The predicted octanol–water partition coefficient (Wildman–Crippen LogP) is 1.96. The van der Waals surface area contributed by atoms with Crippen LogP contribution in [0.1, 0.15) is 36.3 Å². The molecule has 6 nitrogen and oxygen atoms in total. The lowest BCUT2D eigenvalue weighted by molar-refractivity contribution is 0.0794. The Hall–Kier alpha value is -2.60. The lowest BCUT2D eigenvalue weighted by Crippen LogP contribution is -2.32. The summed E-state index contributed by atoms with van der Waals surface area (Å²) in [6.07, 6.45) is 1.66. The highest BCUT2D eigenvalue weighted by Crippen LogP contribution is 2.13. The minimum atomic E-state index is -0.324. The van der Waals surface area contributed by atoms with Gasteiger partial charge in [0.25, 0.3) is 5.91 Å². The van der Waals surface area contributed by atoms with Crippen LogP contribution in [0.4, 0.5) is 5.82 Å². The van der Waals surface area contributed by atoms with Crippen molar-refractivity contribution in [2.24, 2.45) is 0 Å². The van der Waals surface area contributed by atoms with Crippen LogP contribution >= 0.6 is 0 Å². The number of aromatic nitrogens is 1. The first kappa shape index (κ1) is 16.5. The largest absolute Gasteiger partial charge is 0.370 e. The fraction of sp³-hybridized carbons (Fsp3) is 0.467. The zero-order valence-corrected chi connectivity index (χ0v) is 12.4. The normalized spacial score (nSPS) is 9.52. The van der Waals surface area contributed by atoms with Gasteiger partial charge in [-0.3, -0.25) is 4.79 Å². The van der Waals surface area contributed by atoms with Gasteiger partial charge < -0.3 is 10.2 Å². The number of hydrogen-bond acceptors (Lipinski definition) is 5. The molecule has 0 aromatic carbocycles. The van der Waals surface area contributed by atoms with Crippen molar-refractivity contribution in [3.63, 3.8) is 0 Å². The third-order valence-electron chi connectivity index (χ3n) is 2.85.